The third-order valence-corrected chi connectivity index (χ3v) is 7.70. The van der Waals surface area contributed by atoms with Crippen LogP contribution in [0.1, 0.15) is 32.0 Å². The highest BCUT2D eigenvalue weighted by atomic mass is 32.2. The molecule has 0 aliphatic carbocycles. The van der Waals surface area contributed by atoms with E-state index in [1.165, 1.54) is 18.9 Å². The number of nitrogens with zero attached hydrogens (tertiary/aromatic N) is 1. The number of carbonyl (C=O) groups is 4. The molecule has 1 aromatic heterocycles. The van der Waals surface area contributed by atoms with E-state index in [4.69, 9.17) is 10.5 Å². The van der Waals surface area contributed by atoms with E-state index in [2.05, 4.69) is 5.32 Å². The number of anilines is 3. The zero-order valence-corrected chi connectivity index (χ0v) is 20.0. The molecule has 1 unspecified atom stereocenters. The molecule has 1 aliphatic rings. The zero-order valence-electron chi connectivity index (χ0n) is 18.4. The Morgan fingerprint density at radius 1 is 1.12 bits per heavy atom. The van der Waals surface area contributed by atoms with Crippen LogP contribution in [0.2, 0.25) is 0 Å². The number of ether oxygens (including phenoxy) is 1. The van der Waals surface area contributed by atoms with E-state index in [0.717, 1.165) is 21.1 Å². The SMILES string of the molecule is COC(=O)c1c(N2C(=O)CC(Sc3ccc(N)cc3)C2=O)sc(C(=O)Nc2ccccc2)c1C. The van der Waals surface area contributed by atoms with Crippen molar-refractivity contribution in [3.05, 3.63) is 70.6 Å². The van der Waals surface area contributed by atoms with Gasteiger partial charge in [0.2, 0.25) is 11.8 Å². The van der Waals surface area contributed by atoms with Crippen LogP contribution < -0.4 is 16.0 Å². The van der Waals surface area contributed by atoms with Gasteiger partial charge < -0.3 is 15.8 Å². The lowest BCUT2D eigenvalue weighted by molar-refractivity contribution is -0.121. The van der Waals surface area contributed by atoms with E-state index in [1.807, 2.05) is 6.07 Å². The van der Waals surface area contributed by atoms with Crippen molar-refractivity contribution in [3.63, 3.8) is 0 Å². The number of carbonyl (C=O) groups excluding carboxylic acids is 4. The van der Waals surface area contributed by atoms with Gasteiger partial charge in [0, 0.05) is 22.7 Å². The van der Waals surface area contributed by atoms with E-state index < -0.39 is 28.9 Å². The molecule has 1 atom stereocenters. The number of benzene rings is 2. The number of imide groups is 1. The third kappa shape index (κ3) is 4.55. The number of methoxy groups -OCH3 is 1. The molecule has 3 aromatic rings. The van der Waals surface area contributed by atoms with Crippen LogP contribution in [0.5, 0.6) is 0 Å². The van der Waals surface area contributed by atoms with Gasteiger partial charge in [0.05, 0.1) is 22.8 Å². The summed E-state index contributed by atoms with van der Waals surface area (Å²) in [5, 5.41) is 2.21. The highest BCUT2D eigenvalue weighted by Gasteiger charge is 2.43. The average molecular weight is 496 g/mol. The molecule has 2 heterocycles. The Labute approximate surface area is 204 Å². The monoisotopic (exact) mass is 495 g/mol. The van der Waals surface area contributed by atoms with Gasteiger partial charge in [0.15, 0.2) is 0 Å². The largest absolute Gasteiger partial charge is 0.465 e. The molecule has 174 valence electrons. The Morgan fingerprint density at radius 2 is 1.79 bits per heavy atom. The fraction of sp³-hybridized carbons (Fsp3) is 0.167. The Balaban J connectivity index is 1.67. The molecule has 1 fully saturated rings. The molecule has 1 saturated heterocycles. The standard InChI is InChI=1S/C24H21N3O5S2/c1-13-19(24(31)32-2)23(34-20(13)21(29)26-15-6-4-3-5-7-15)27-18(28)12-17(22(27)30)33-16-10-8-14(25)9-11-16/h3-11,17H,12,25H2,1-2H3,(H,26,29). The van der Waals surface area contributed by atoms with Crippen molar-refractivity contribution in [2.24, 2.45) is 0 Å². The highest BCUT2D eigenvalue weighted by molar-refractivity contribution is 8.00. The van der Waals surface area contributed by atoms with Gasteiger partial charge in [-0.25, -0.2) is 9.69 Å². The summed E-state index contributed by atoms with van der Waals surface area (Å²) in [4.78, 5) is 53.7. The molecule has 0 bridgehead atoms. The fourth-order valence-corrected chi connectivity index (χ4v) is 5.81. The number of thiophene rings is 1. The number of amides is 3. The van der Waals surface area contributed by atoms with E-state index in [0.29, 0.717) is 16.9 Å². The van der Waals surface area contributed by atoms with Gasteiger partial charge in [-0.15, -0.1) is 23.1 Å². The maximum absolute atomic E-state index is 13.2. The number of thioether (sulfide) groups is 1. The van der Waals surface area contributed by atoms with Gasteiger partial charge in [-0.05, 0) is 48.9 Å². The van der Waals surface area contributed by atoms with Gasteiger partial charge >= 0.3 is 5.97 Å². The molecule has 1 aliphatic heterocycles. The summed E-state index contributed by atoms with van der Waals surface area (Å²) in [5.41, 5.74) is 7.27. The molecule has 4 rings (SSSR count). The van der Waals surface area contributed by atoms with Crippen LogP contribution in [-0.2, 0) is 14.3 Å². The van der Waals surface area contributed by atoms with Crippen LogP contribution in [0.4, 0.5) is 16.4 Å². The molecule has 0 saturated carbocycles. The van der Waals surface area contributed by atoms with Crippen LogP contribution in [-0.4, -0.2) is 36.1 Å². The Hall–Kier alpha value is -3.63. The summed E-state index contributed by atoms with van der Waals surface area (Å²) in [6.07, 6.45) is -0.0308. The number of rotatable bonds is 6. The molecule has 3 N–H and O–H groups in total. The van der Waals surface area contributed by atoms with Crippen molar-refractivity contribution >= 4 is 63.2 Å². The summed E-state index contributed by atoms with van der Waals surface area (Å²) >= 11 is 2.17. The molecular formula is C24H21N3O5S2. The third-order valence-electron chi connectivity index (χ3n) is 5.22. The lowest BCUT2D eigenvalue weighted by atomic mass is 10.1. The second-order valence-corrected chi connectivity index (χ2v) is 9.77. The first-order valence-corrected chi connectivity index (χ1v) is 12.0. The number of nitrogens with two attached hydrogens (primary N) is 1. The minimum Gasteiger partial charge on any atom is -0.465 e. The van der Waals surface area contributed by atoms with E-state index in [1.54, 1.807) is 55.5 Å². The first-order chi connectivity index (χ1) is 16.3. The lowest BCUT2D eigenvalue weighted by Crippen LogP contribution is -2.31. The Bertz CT molecular complexity index is 1270. The van der Waals surface area contributed by atoms with Gasteiger partial charge in [-0.3, -0.25) is 14.4 Å². The Morgan fingerprint density at radius 3 is 2.44 bits per heavy atom. The fourth-order valence-electron chi connectivity index (χ4n) is 3.54. The predicted octanol–water partition coefficient (Wildman–Crippen LogP) is 4.10. The molecule has 10 heteroatoms. The maximum Gasteiger partial charge on any atom is 0.341 e. The maximum atomic E-state index is 13.2. The van der Waals surface area contributed by atoms with Crippen LogP contribution in [0.25, 0.3) is 0 Å². The first-order valence-electron chi connectivity index (χ1n) is 10.3. The minimum absolute atomic E-state index is 0.0308. The number of hydrogen-bond donors (Lipinski definition) is 2. The smallest absolute Gasteiger partial charge is 0.341 e. The highest BCUT2D eigenvalue weighted by Crippen LogP contribution is 2.42. The predicted molar refractivity (Wildman–Crippen MR) is 132 cm³/mol. The van der Waals surface area contributed by atoms with Crippen molar-refractivity contribution < 1.29 is 23.9 Å². The van der Waals surface area contributed by atoms with Crippen molar-refractivity contribution in [2.45, 2.75) is 23.5 Å². The molecule has 0 spiro atoms. The summed E-state index contributed by atoms with van der Waals surface area (Å²) < 4.78 is 4.90. The summed E-state index contributed by atoms with van der Waals surface area (Å²) in [5.74, 6) is -2.07. The van der Waals surface area contributed by atoms with Gasteiger partial charge in [-0.2, -0.15) is 0 Å². The zero-order chi connectivity index (χ0) is 24.4. The lowest BCUT2D eigenvalue weighted by Gasteiger charge is -2.15. The van der Waals surface area contributed by atoms with Crippen molar-refractivity contribution in [3.8, 4) is 0 Å². The van der Waals surface area contributed by atoms with Crippen LogP contribution in [0, 0.1) is 6.92 Å². The number of nitrogens with one attached hydrogen (secondary N) is 1. The number of para-hydroxylation sites is 1. The normalized spacial score (nSPS) is 15.5. The number of hydrogen-bond acceptors (Lipinski definition) is 8. The van der Waals surface area contributed by atoms with Gasteiger partial charge in [-0.1, -0.05) is 18.2 Å². The minimum atomic E-state index is -0.724. The average Bonchev–Trinajstić information content (AvgIpc) is 3.30. The molecule has 34 heavy (non-hydrogen) atoms. The molecule has 0 radical (unpaired) electrons. The van der Waals surface area contributed by atoms with Crippen molar-refractivity contribution in [2.75, 3.05) is 23.1 Å². The molecular weight excluding hydrogens is 474 g/mol. The first kappa shape index (κ1) is 23.5. The molecule has 3 amide bonds. The number of nitrogen functional groups attached to an aromatic ring is 1. The van der Waals surface area contributed by atoms with Gasteiger partial charge in [0.25, 0.3) is 5.91 Å². The number of esters is 1. The van der Waals surface area contributed by atoms with Crippen molar-refractivity contribution in [1.29, 1.82) is 0 Å². The Kier molecular flexibility index (Phi) is 6.71. The van der Waals surface area contributed by atoms with Crippen LogP contribution in [0.3, 0.4) is 0 Å². The molecule has 2 aromatic carbocycles. The quantitative estimate of drug-likeness (QED) is 0.300. The summed E-state index contributed by atoms with van der Waals surface area (Å²) in [7, 11) is 1.21. The summed E-state index contributed by atoms with van der Waals surface area (Å²) in [6, 6.07) is 15.8. The van der Waals surface area contributed by atoms with Crippen LogP contribution in [0.15, 0.2) is 59.5 Å². The van der Waals surface area contributed by atoms with Crippen LogP contribution >= 0.6 is 23.1 Å². The molecule has 8 nitrogen and oxygen atoms in total. The van der Waals surface area contributed by atoms with E-state index in [9.17, 15) is 19.2 Å². The van der Waals surface area contributed by atoms with E-state index in [-0.39, 0.29) is 21.9 Å². The topological polar surface area (TPSA) is 119 Å². The van der Waals surface area contributed by atoms with E-state index >= 15 is 0 Å². The summed E-state index contributed by atoms with van der Waals surface area (Å²) in [6.45, 7) is 1.60. The second kappa shape index (κ2) is 9.70. The second-order valence-electron chi connectivity index (χ2n) is 7.50. The van der Waals surface area contributed by atoms with Crippen molar-refractivity contribution in [1.82, 2.24) is 0 Å². The van der Waals surface area contributed by atoms with Gasteiger partial charge in [0.1, 0.15) is 5.00 Å².